The molecule has 1 atom stereocenters. The molecule has 0 saturated carbocycles. The summed E-state index contributed by atoms with van der Waals surface area (Å²) in [6.07, 6.45) is 1.07. The summed E-state index contributed by atoms with van der Waals surface area (Å²) >= 11 is 1.77. The van der Waals surface area contributed by atoms with Gasteiger partial charge in [-0.25, -0.2) is 0 Å². The number of aromatic nitrogens is 3. The first-order chi connectivity index (χ1) is 11.8. The highest BCUT2D eigenvalue weighted by Crippen LogP contribution is 2.32. The molecular formula is C17H22N4O2S. The first-order valence-electron chi connectivity index (χ1n) is 8.41. The van der Waals surface area contributed by atoms with Crippen molar-refractivity contribution < 1.29 is 9.47 Å². The van der Waals surface area contributed by atoms with Gasteiger partial charge in [0, 0.05) is 24.9 Å². The van der Waals surface area contributed by atoms with Gasteiger partial charge in [-0.15, -0.1) is 10.2 Å². The van der Waals surface area contributed by atoms with Crippen molar-refractivity contribution in [2.45, 2.75) is 23.8 Å². The van der Waals surface area contributed by atoms with Crippen LogP contribution in [0.1, 0.15) is 12.0 Å². The van der Waals surface area contributed by atoms with Gasteiger partial charge in [-0.05, 0) is 31.0 Å². The van der Waals surface area contributed by atoms with Crippen LogP contribution in [0.15, 0.2) is 29.4 Å². The number of aryl methyl sites for hydroxylation is 1. The maximum absolute atomic E-state index is 5.51. The molecule has 4 rings (SSSR count). The zero-order valence-corrected chi connectivity index (χ0v) is 14.7. The highest BCUT2D eigenvalue weighted by atomic mass is 32.2. The molecule has 2 saturated heterocycles. The fourth-order valence-electron chi connectivity index (χ4n) is 3.05. The number of benzene rings is 1. The molecule has 2 aromatic rings. The Kier molecular flexibility index (Phi) is 4.73. The van der Waals surface area contributed by atoms with E-state index in [4.69, 9.17) is 9.47 Å². The molecule has 0 bridgehead atoms. The van der Waals surface area contributed by atoms with E-state index in [1.165, 1.54) is 5.56 Å². The van der Waals surface area contributed by atoms with E-state index in [0.29, 0.717) is 5.25 Å². The van der Waals surface area contributed by atoms with E-state index in [9.17, 15) is 0 Å². The second-order valence-electron chi connectivity index (χ2n) is 6.16. The van der Waals surface area contributed by atoms with E-state index in [-0.39, 0.29) is 0 Å². The van der Waals surface area contributed by atoms with Crippen molar-refractivity contribution in [1.82, 2.24) is 14.8 Å². The predicted octanol–water partition coefficient (Wildman–Crippen LogP) is 2.29. The van der Waals surface area contributed by atoms with Gasteiger partial charge in [0.25, 0.3) is 0 Å². The first-order valence-corrected chi connectivity index (χ1v) is 9.29. The summed E-state index contributed by atoms with van der Waals surface area (Å²) in [5.74, 6) is 0.908. The molecule has 0 radical (unpaired) electrons. The lowest BCUT2D eigenvalue weighted by Crippen LogP contribution is -2.37. The van der Waals surface area contributed by atoms with Crippen molar-refractivity contribution in [1.29, 1.82) is 0 Å². The van der Waals surface area contributed by atoms with Crippen LogP contribution >= 0.6 is 11.8 Å². The molecule has 24 heavy (non-hydrogen) atoms. The average Bonchev–Trinajstić information content (AvgIpc) is 3.26. The van der Waals surface area contributed by atoms with Crippen molar-refractivity contribution in [2.75, 3.05) is 44.4 Å². The number of anilines is 1. The summed E-state index contributed by atoms with van der Waals surface area (Å²) in [6, 6.07) is 8.50. The van der Waals surface area contributed by atoms with E-state index in [0.717, 1.165) is 62.7 Å². The van der Waals surface area contributed by atoms with Crippen molar-refractivity contribution >= 4 is 17.7 Å². The molecule has 2 aliphatic rings. The Bertz CT molecular complexity index is 694. The van der Waals surface area contributed by atoms with Crippen molar-refractivity contribution in [3.05, 3.63) is 29.8 Å². The first kappa shape index (κ1) is 15.9. The second-order valence-corrected chi connectivity index (χ2v) is 7.43. The molecule has 0 spiro atoms. The third kappa shape index (κ3) is 3.29. The number of hydrogen-bond donors (Lipinski definition) is 0. The summed E-state index contributed by atoms with van der Waals surface area (Å²) in [6.45, 7) is 6.91. The molecule has 1 aromatic heterocycles. The molecule has 0 amide bonds. The molecule has 1 unspecified atom stereocenters. The third-order valence-electron chi connectivity index (χ3n) is 4.33. The molecule has 0 aliphatic carbocycles. The zero-order chi connectivity index (χ0) is 16.4. The number of hydrogen-bond acceptors (Lipinski definition) is 6. The molecule has 2 aliphatic heterocycles. The normalized spacial score (nSPS) is 21.4. The lowest BCUT2D eigenvalue weighted by Gasteiger charge is -2.28. The quantitative estimate of drug-likeness (QED) is 0.847. The van der Waals surface area contributed by atoms with Crippen LogP contribution < -0.4 is 4.90 Å². The smallest absolute Gasteiger partial charge is 0.232 e. The molecule has 0 N–H and O–H groups in total. The van der Waals surface area contributed by atoms with Gasteiger partial charge < -0.3 is 14.4 Å². The minimum Gasteiger partial charge on any atom is -0.380 e. The molecule has 2 fully saturated rings. The van der Waals surface area contributed by atoms with Gasteiger partial charge >= 0.3 is 0 Å². The van der Waals surface area contributed by atoms with Gasteiger partial charge in [-0.3, -0.25) is 4.57 Å². The zero-order valence-electron chi connectivity index (χ0n) is 13.9. The molecule has 7 heteroatoms. The Balaban J connectivity index is 1.71. The van der Waals surface area contributed by atoms with E-state index in [1.807, 2.05) is 0 Å². The standard InChI is InChI=1S/C17H22N4O2S/c1-13-3-2-4-14(11-13)21-16(20-6-9-22-10-7-20)18-19-17(21)24-15-5-8-23-12-15/h2-4,11,15H,5-10,12H2,1H3. The number of ether oxygens (including phenoxy) is 2. The Morgan fingerprint density at radius 1 is 1.12 bits per heavy atom. The summed E-state index contributed by atoms with van der Waals surface area (Å²) in [5, 5.41) is 10.4. The van der Waals surface area contributed by atoms with Gasteiger partial charge in [-0.1, -0.05) is 23.9 Å². The fourth-order valence-corrected chi connectivity index (χ4v) is 4.11. The van der Waals surface area contributed by atoms with E-state index < -0.39 is 0 Å². The van der Waals surface area contributed by atoms with E-state index in [2.05, 4.69) is 50.9 Å². The average molecular weight is 346 g/mol. The van der Waals surface area contributed by atoms with E-state index >= 15 is 0 Å². The van der Waals surface area contributed by atoms with Crippen LogP contribution in [-0.2, 0) is 9.47 Å². The summed E-state index contributed by atoms with van der Waals surface area (Å²) in [5.41, 5.74) is 2.34. The summed E-state index contributed by atoms with van der Waals surface area (Å²) in [4.78, 5) is 2.26. The van der Waals surface area contributed by atoms with Crippen LogP contribution in [0.3, 0.4) is 0 Å². The second kappa shape index (κ2) is 7.13. The SMILES string of the molecule is Cc1cccc(-n2c(SC3CCOC3)nnc2N2CCOCC2)c1. The van der Waals surface area contributed by atoms with Gasteiger partial charge in [0.2, 0.25) is 5.95 Å². The van der Waals surface area contributed by atoms with Crippen LogP contribution in [-0.4, -0.2) is 59.5 Å². The third-order valence-corrected chi connectivity index (χ3v) is 5.51. The minimum atomic E-state index is 0.454. The predicted molar refractivity (Wildman–Crippen MR) is 94.2 cm³/mol. The summed E-state index contributed by atoms with van der Waals surface area (Å²) < 4.78 is 13.2. The Morgan fingerprint density at radius 3 is 2.75 bits per heavy atom. The lowest BCUT2D eigenvalue weighted by atomic mass is 10.2. The van der Waals surface area contributed by atoms with Gasteiger partial charge in [-0.2, -0.15) is 0 Å². The number of morpholine rings is 1. The number of rotatable bonds is 4. The number of thioether (sulfide) groups is 1. The van der Waals surface area contributed by atoms with Crippen LogP contribution in [0, 0.1) is 6.92 Å². The molecule has 3 heterocycles. The largest absolute Gasteiger partial charge is 0.380 e. The number of nitrogens with zero attached hydrogens (tertiary/aromatic N) is 4. The Labute approximate surface area is 146 Å². The monoisotopic (exact) mass is 346 g/mol. The maximum Gasteiger partial charge on any atom is 0.232 e. The van der Waals surface area contributed by atoms with Crippen molar-refractivity contribution in [2.24, 2.45) is 0 Å². The Hall–Kier alpha value is -1.57. The van der Waals surface area contributed by atoms with Crippen molar-refractivity contribution in [3.8, 4) is 5.69 Å². The van der Waals surface area contributed by atoms with E-state index in [1.54, 1.807) is 11.8 Å². The van der Waals surface area contributed by atoms with Crippen molar-refractivity contribution in [3.63, 3.8) is 0 Å². The van der Waals surface area contributed by atoms with Gasteiger partial charge in [0.1, 0.15) is 0 Å². The highest BCUT2D eigenvalue weighted by molar-refractivity contribution is 7.99. The van der Waals surface area contributed by atoms with Crippen LogP contribution in [0.5, 0.6) is 0 Å². The van der Waals surface area contributed by atoms with Crippen LogP contribution in [0.4, 0.5) is 5.95 Å². The highest BCUT2D eigenvalue weighted by Gasteiger charge is 2.25. The molecule has 1 aromatic carbocycles. The molecule has 128 valence electrons. The lowest BCUT2D eigenvalue weighted by molar-refractivity contribution is 0.122. The van der Waals surface area contributed by atoms with Gasteiger partial charge in [0.15, 0.2) is 5.16 Å². The molecule has 6 nitrogen and oxygen atoms in total. The topological polar surface area (TPSA) is 52.4 Å². The minimum absolute atomic E-state index is 0.454. The maximum atomic E-state index is 5.51. The summed E-state index contributed by atoms with van der Waals surface area (Å²) in [7, 11) is 0. The van der Waals surface area contributed by atoms with Crippen LogP contribution in [0.25, 0.3) is 5.69 Å². The Morgan fingerprint density at radius 2 is 2.00 bits per heavy atom. The fraction of sp³-hybridized carbons (Fsp3) is 0.529. The molecular weight excluding hydrogens is 324 g/mol. The van der Waals surface area contributed by atoms with Crippen LogP contribution in [0.2, 0.25) is 0 Å². The van der Waals surface area contributed by atoms with Gasteiger partial charge in [0.05, 0.1) is 25.5 Å².